The number of hydrogen-bond donors (Lipinski definition) is 1. The van der Waals surface area contributed by atoms with Crippen molar-refractivity contribution in [3.05, 3.63) is 18.0 Å². The third-order valence-electron chi connectivity index (χ3n) is 2.54. The predicted octanol–water partition coefficient (Wildman–Crippen LogP) is 2.36. The Morgan fingerprint density at radius 3 is 2.93 bits per heavy atom. The van der Waals surface area contributed by atoms with Crippen LogP contribution in [0.5, 0.6) is 0 Å². The Bertz CT molecular complexity index is 268. The van der Waals surface area contributed by atoms with Crippen LogP contribution in [-0.4, -0.2) is 22.4 Å². The van der Waals surface area contributed by atoms with Crippen LogP contribution < -0.4 is 5.32 Å². The molecule has 1 heterocycles. The summed E-state index contributed by atoms with van der Waals surface area (Å²) < 4.78 is 2.02. The molecule has 0 aliphatic carbocycles. The first-order valence-corrected chi connectivity index (χ1v) is 5.94. The Hall–Kier alpha value is -0.830. The highest BCUT2D eigenvalue weighted by molar-refractivity contribution is 4.99. The molecule has 1 aromatic rings. The zero-order chi connectivity index (χ0) is 11.1. The lowest BCUT2D eigenvalue weighted by atomic mass is 10.2. The molecule has 1 rings (SSSR count). The van der Waals surface area contributed by atoms with E-state index in [-0.39, 0.29) is 0 Å². The fraction of sp³-hybridized carbons (Fsp3) is 0.750. The SMILES string of the molecule is CCCC(C)NCCCn1cc(C)cn1. The molecule has 0 aliphatic rings. The van der Waals surface area contributed by atoms with Gasteiger partial charge in [0.2, 0.25) is 0 Å². The summed E-state index contributed by atoms with van der Waals surface area (Å²) in [5.41, 5.74) is 1.24. The third-order valence-corrected chi connectivity index (χ3v) is 2.54. The lowest BCUT2D eigenvalue weighted by Gasteiger charge is -2.12. The van der Waals surface area contributed by atoms with Gasteiger partial charge in [0.15, 0.2) is 0 Å². The summed E-state index contributed by atoms with van der Waals surface area (Å²) in [6, 6.07) is 0.648. The highest BCUT2D eigenvalue weighted by Gasteiger charge is 1.98. The van der Waals surface area contributed by atoms with E-state index in [1.807, 2.05) is 10.9 Å². The number of hydrogen-bond acceptors (Lipinski definition) is 2. The van der Waals surface area contributed by atoms with Gasteiger partial charge in [0.05, 0.1) is 6.20 Å². The van der Waals surface area contributed by atoms with Crippen molar-refractivity contribution in [2.45, 2.75) is 52.6 Å². The van der Waals surface area contributed by atoms with E-state index < -0.39 is 0 Å². The Kier molecular flexibility index (Phi) is 5.40. The molecule has 15 heavy (non-hydrogen) atoms. The Morgan fingerprint density at radius 1 is 1.53 bits per heavy atom. The summed E-state index contributed by atoms with van der Waals surface area (Å²) in [5, 5.41) is 7.78. The first-order valence-electron chi connectivity index (χ1n) is 5.94. The minimum Gasteiger partial charge on any atom is -0.314 e. The van der Waals surface area contributed by atoms with E-state index >= 15 is 0 Å². The van der Waals surface area contributed by atoms with Gasteiger partial charge < -0.3 is 5.32 Å². The van der Waals surface area contributed by atoms with Crippen molar-refractivity contribution in [3.63, 3.8) is 0 Å². The normalized spacial score (nSPS) is 13.0. The number of nitrogens with zero attached hydrogens (tertiary/aromatic N) is 2. The van der Waals surface area contributed by atoms with E-state index in [1.54, 1.807) is 0 Å². The summed E-state index contributed by atoms with van der Waals surface area (Å²) in [6.07, 6.45) is 7.67. The molecule has 0 bridgehead atoms. The van der Waals surface area contributed by atoms with Crippen LogP contribution in [0.1, 0.15) is 38.7 Å². The molecule has 1 aromatic heterocycles. The lowest BCUT2D eigenvalue weighted by Crippen LogP contribution is -2.27. The molecule has 0 aromatic carbocycles. The van der Waals surface area contributed by atoms with Crippen LogP contribution in [0.4, 0.5) is 0 Å². The summed E-state index contributed by atoms with van der Waals surface area (Å²) in [7, 11) is 0. The predicted molar refractivity (Wildman–Crippen MR) is 64.0 cm³/mol. The zero-order valence-corrected chi connectivity index (χ0v) is 10.2. The molecule has 3 nitrogen and oxygen atoms in total. The van der Waals surface area contributed by atoms with Gasteiger partial charge in [-0.15, -0.1) is 0 Å². The molecule has 1 atom stereocenters. The molecule has 0 fully saturated rings. The average molecular weight is 209 g/mol. The standard InChI is InChI=1S/C12H23N3/c1-4-6-12(3)13-7-5-8-15-10-11(2)9-14-15/h9-10,12-13H,4-8H2,1-3H3. The van der Waals surface area contributed by atoms with Crippen LogP contribution >= 0.6 is 0 Å². The van der Waals surface area contributed by atoms with Crippen molar-refractivity contribution in [2.75, 3.05) is 6.54 Å². The first-order chi connectivity index (χ1) is 7.22. The van der Waals surface area contributed by atoms with E-state index in [0.717, 1.165) is 19.5 Å². The number of aromatic nitrogens is 2. The second-order valence-corrected chi connectivity index (χ2v) is 4.28. The summed E-state index contributed by atoms with van der Waals surface area (Å²) in [6.45, 7) is 8.65. The summed E-state index contributed by atoms with van der Waals surface area (Å²) >= 11 is 0. The largest absolute Gasteiger partial charge is 0.314 e. The molecule has 0 amide bonds. The van der Waals surface area contributed by atoms with Crippen LogP contribution in [0.3, 0.4) is 0 Å². The van der Waals surface area contributed by atoms with E-state index in [9.17, 15) is 0 Å². The molecular formula is C12H23N3. The molecule has 3 heteroatoms. The van der Waals surface area contributed by atoms with Crippen LogP contribution in [0.25, 0.3) is 0 Å². The van der Waals surface area contributed by atoms with E-state index in [2.05, 4.69) is 37.4 Å². The minimum atomic E-state index is 0.648. The summed E-state index contributed by atoms with van der Waals surface area (Å²) in [5.74, 6) is 0. The fourth-order valence-corrected chi connectivity index (χ4v) is 1.71. The van der Waals surface area contributed by atoms with Crippen molar-refractivity contribution in [1.29, 1.82) is 0 Å². The van der Waals surface area contributed by atoms with Crippen LogP contribution in [0.2, 0.25) is 0 Å². The first kappa shape index (κ1) is 12.2. The molecule has 0 saturated carbocycles. The summed E-state index contributed by atoms with van der Waals surface area (Å²) in [4.78, 5) is 0. The van der Waals surface area contributed by atoms with Gasteiger partial charge >= 0.3 is 0 Å². The molecular weight excluding hydrogens is 186 g/mol. The van der Waals surface area contributed by atoms with Crippen LogP contribution in [0.15, 0.2) is 12.4 Å². The number of aryl methyl sites for hydroxylation is 2. The zero-order valence-electron chi connectivity index (χ0n) is 10.2. The fourth-order valence-electron chi connectivity index (χ4n) is 1.71. The highest BCUT2D eigenvalue weighted by Crippen LogP contribution is 1.97. The second kappa shape index (κ2) is 6.62. The molecule has 0 radical (unpaired) electrons. The molecule has 0 aliphatic heterocycles. The monoisotopic (exact) mass is 209 g/mol. The van der Waals surface area contributed by atoms with Gasteiger partial charge in [0, 0.05) is 18.8 Å². The van der Waals surface area contributed by atoms with Crippen molar-refractivity contribution in [2.24, 2.45) is 0 Å². The quantitative estimate of drug-likeness (QED) is 0.699. The van der Waals surface area contributed by atoms with Gasteiger partial charge in [-0.3, -0.25) is 4.68 Å². The molecule has 1 N–H and O–H groups in total. The van der Waals surface area contributed by atoms with Crippen molar-refractivity contribution < 1.29 is 0 Å². The van der Waals surface area contributed by atoms with E-state index in [4.69, 9.17) is 0 Å². The van der Waals surface area contributed by atoms with Crippen LogP contribution in [0, 0.1) is 6.92 Å². The maximum absolute atomic E-state index is 4.26. The number of rotatable bonds is 7. The second-order valence-electron chi connectivity index (χ2n) is 4.28. The lowest BCUT2D eigenvalue weighted by molar-refractivity contribution is 0.475. The van der Waals surface area contributed by atoms with Gasteiger partial charge in [0.1, 0.15) is 0 Å². The Labute approximate surface area is 92.9 Å². The van der Waals surface area contributed by atoms with Gasteiger partial charge in [0.25, 0.3) is 0 Å². The Morgan fingerprint density at radius 2 is 2.33 bits per heavy atom. The topological polar surface area (TPSA) is 29.9 Å². The van der Waals surface area contributed by atoms with Crippen molar-refractivity contribution >= 4 is 0 Å². The highest BCUT2D eigenvalue weighted by atomic mass is 15.3. The molecule has 0 saturated heterocycles. The molecule has 0 spiro atoms. The van der Waals surface area contributed by atoms with Crippen molar-refractivity contribution in [1.82, 2.24) is 15.1 Å². The van der Waals surface area contributed by atoms with E-state index in [0.29, 0.717) is 6.04 Å². The third kappa shape index (κ3) is 4.98. The minimum absolute atomic E-state index is 0.648. The maximum Gasteiger partial charge on any atom is 0.0518 e. The number of nitrogens with one attached hydrogen (secondary N) is 1. The van der Waals surface area contributed by atoms with Crippen LogP contribution in [-0.2, 0) is 6.54 Å². The molecule has 86 valence electrons. The maximum atomic E-state index is 4.26. The van der Waals surface area contributed by atoms with Gasteiger partial charge in [-0.05, 0) is 38.8 Å². The van der Waals surface area contributed by atoms with Gasteiger partial charge in [-0.1, -0.05) is 13.3 Å². The average Bonchev–Trinajstić information content (AvgIpc) is 2.60. The van der Waals surface area contributed by atoms with Gasteiger partial charge in [-0.25, -0.2) is 0 Å². The Balaban J connectivity index is 2.06. The van der Waals surface area contributed by atoms with Gasteiger partial charge in [-0.2, -0.15) is 5.10 Å². The van der Waals surface area contributed by atoms with Crippen molar-refractivity contribution in [3.8, 4) is 0 Å². The van der Waals surface area contributed by atoms with E-state index in [1.165, 1.54) is 18.4 Å². The smallest absolute Gasteiger partial charge is 0.0518 e. The molecule has 1 unspecified atom stereocenters.